The Kier molecular flexibility index (Phi) is 4.06. The maximum Gasteiger partial charge on any atom is 0.320 e. The van der Waals surface area contributed by atoms with E-state index < -0.39 is 12.0 Å². The average molecular weight is 346 g/mol. The number of aromatic nitrogens is 2. The maximum absolute atomic E-state index is 12.3. The van der Waals surface area contributed by atoms with Crippen LogP contribution in [0.15, 0.2) is 12.4 Å². The summed E-state index contributed by atoms with van der Waals surface area (Å²) in [5, 5.41) is 13.9. The molecule has 7 heteroatoms. The molecular weight excluding hydrogens is 320 g/mol. The molecule has 0 bridgehead atoms. The van der Waals surface area contributed by atoms with Gasteiger partial charge < -0.3 is 10.0 Å². The molecule has 3 aliphatic rings. The molecule has 1 spiro atoms. The van der Waals surface area contributed by atoms with E-state index in [1.807, 2.05) is 18.1 Å². The summed E-state index contributed by atoms with van der Waals surface area (Å²) >= 11 is 0. The van der Waals surface area contributed by atoms with Crippen molar-refractivity contribution in [2.24, 2.45) is 18.4 Å². The zero-order valence-electron chi connectivity index (χ0n) is 14.7. The smallest absolute Gasteiger partial charge is 0.320 e. The van der Waals surface area contributed by atoms with Gasteiger partial charge in [-0.3, -0.25) is 19.2 Å². The van der Waals surface area contributed by atoms with Crippen molar-refractivity contribution in [1.82, 2.24) is 19.6 Å². The summed E-state index contributed by atoms with van der Waals surface area (Å²) in [7, 11) is 1.87. The molecule has 0 aromatic carbocycles. The molecule has 7 nitrogen and oxygen atoms in total. The van der Waals surface area contributed by atoms with Gasteiger partial charge in [-0.2, -0.15) is 5.10 Å². The fourth-order valence-electron chi connectivity index (χ4n) is 4.49. The Hall–Kier alpha value is -1.89. The second-order valence-electron chi connectivity index (χ2n) is 8.08. The number of hydrogen-bond donors (Lipinski definition) is 1. The van der Waals surface area contributed by atoms with Gasteiger partial charge in [0.05, 0.1) is 6.20 Å². The number of carbonyl (C=O) groups is 2. The topological polar surface area (TPSA) is 78.7 Å². The second kappa shape index (κ2) is 6.12. The van der Waals surface area contributed by atoms with Crippen LogP contribution in [0.4, 0.5) is 0 Å². The monoisotopic (exact) mass is 346 g/mol. The minimum Gasteiger partial charge on any atom is -0.480 e. The molecule has 0 radical (unpaired) electrons. The number of piperidine rings is 1. The number of likely N-dealkylation sites (tertiary alicyclic amines) is 2. The van der Waals surface area contributed by atoms with Gasteiger partial charge in [-0.1, -0.05) is 0 Å². The van der Waals surface area contributed by atoms with Crippen molar-refractivity contribution in [1.29, 1.82) is 0 Å². The van der Waals surface area contributed by atoms with Gasteiger partial charge in [0.25, 0.3) is 0 Å². The number of hydrogen-bond acceptors (Lipinski definition) is 4. The molecule has 1 amide bonds. The molecule has 1 atom stereocenters. The summed E-state index contributed by atoms with van der Waals surface area (Å²) in [6.45, 7) is 2.98. The third-order valence-electron chi connectivity index (χ3n) is 6.10. The third kappa shape index (κ3) is 3.29. The lowest BCUT2D eigenvalue weighted by Gasteiger charge is -2.39. The van der Waals surface area contributed by atoms with E-state index in [-0.39, 0.29) is 11.3 Å². The van der Waals surface area contributed by atoms with E-state index in [4.69, 9.17) is 0 Å². The fourth-order valence-corrected chi connectivity index (χ4v) is 4.49. The standard InChI is InChI=1S/C18H26N4O3/c1-20-10-13(9-19-20)11-22-12-18(8-15(22)17(24)25)4-6-21(7-5-18)16(23)14-2-3-14/h9-10,14-15H,2-8,11-12H2,1H3,(H,24,25). The molecule has 3 fully saturated rings. The van der Waals surface area contributed by atoms with Crippen molar-refractivity contribution in [2.75, 3.05) is 19.6 Å². The quantitative estimate of drug-likeness (QED) is 0.883. The molecule has 1 saturated carbocycles. The Morgan fingerprint density at radius 3 is 2.60 bits per heavy atom. The Labute approximate surface area is 147 Å². The van der Waals surface area contributed by atoms with Crippen molar-refractivity contribution in [3.8, 4) is 0 Å². The summed E-state index contributed by atoms with van der Waals surface area (Å²) in [6, 6.07) is -0.439. The molecule has 1 aromatic rings. The van der Waals surface area contributed by atoms with Crippen LogP contribution < -0.4 is 0 Å². The normalized spacial score (nSPS) is 26.3. The van der Waals surface area contributed by atoms with Gasteiger partial charge in [0.15, 0.2) is 0 Å². The van der Waals surface area contributed by atoms with E-state index in [0.717, 1.165) is 50.9 Å². The van der Waals surface area contributed by atoms with Crippen LogP contribution in [-0.4, -0.2) is 62.2 Å². The highest BCUT2D eigenvalue weighted by Crippen LogP contribution is 2.44. The van der Waals surface area contributed by atoms with Crippen LogP contribution in [0.1, 0.15) is 37.7 Å². The van der Waals surface area contributed by atoms with Crippen LogP contribution in [0, 0.1) is 11.3 Å². The fraction of sp³-hybridized carbons (Fsp3) is 0.722. The number of carboxylic acids is 1. The van der Waals surface area contributed by atoms with Crippen LogP contribution in [0.3, 0.4) is 0 Å². The lowest BCUT2D eigenvalue weighted by Crippen LogP contribution is -2.44. The van der Waals surface area contributed by atoms with Crippen molar-refractivity contribution in [3.05, 3.63) is 18.0 Å². The van der Waals surface area contributed by atoms with Crippen LogP contribution in [0.25, 0.3) is 0 Å². The van der Waals surface area contributed by atoms with Gasteiger partial charge in [0.1, 0.15) is 6.04 Å². The SMILES string of the molecule is Cn1cc(CN2CC3(CCN(C(=O)C4CC4)CC3)CC2C(=O)O)cn1. The van der Waals surface area contributed by atoms with Crippen LogP contribution in [0.5, 0.6) is 0 Å². The first kappa shape index (κ1) is 16.6. The summed E-state index contributed by atoms with van der Waals surface area (Å²) in [4.78, 5) is 28.1. The number of carboxylic acid groups (broad SMARTS) is 1. The second-order valence-corrected chi connectivity index (χ2v) is 8.08. The lowest BCUT2D eigenvalue weighted by atomic mass is 9.76. The molecule has 1 N–H and O–H groups in total. The average Bonchev–Trinajstić information content (AvgIpc) is 3.27. The highest BCUT2D eigenvalue weighted by atomic mass is 16.4. The van der Waals surface area contributed by atoms with Crippen LogP contribution in [-0.2, 0) is 23.2 Å². The predicted octanol–water partition coefficient (Wildman–Crippen LogP) is 1.10. The van der Waals surface area contributed by atoms with Gasteiger partial charge >= 0.3 is 5.97 Å². The zero-order chi connectivity index (χ0) is 17.6. The van der Waals surface area contributed by atoms with Crippen LogP contribution in [0.2, 0.25) is 0 Å². The molecule has 136 valence electrons. The summed E-state index contributed by atoms with van der Waals surface area (Å²) in [5.41, 5.74) is 1.08. The van der Waals surface area contributed by atoms with Gasteiger partial charge in [0.2, 0.25) is 5.91 Å². The number of carbonyl (C=O) groups excluding carboxylic acids is 1. The number of amides is 1. The summed E-state index contributed by atoms with van der Waals surface area (Å²) < 4.78 is 1.75. The van der Waals surface area contributed by atoms with E-state index in [1.54, 1.807) is 10.9 Å². The molecule has 1 aromatic heterocycles. The third-order valence-corrected chi connectivity index (χ3v) is 6.10. The van der Waals surface area contributed by atoms with Gasteiger partial charge in [-0.15, -0.1) is 0 Å². The number of aliphatic carboxylic acids is 1. The number of aryl methyl sites for hydroxylation is 1. The number of rotatable bonds is 4. The first-order valence-electron chi connectivity index (χ1n) is 9.19. The van der Waals surface area contributed by atoms with E-state index in [9.17, 15) is 14.7 Å². The van der Waals surface area contributed by atoms with Crippen LogP contribution >= 0.6 is 0 Å². The predicted molar refractivity (Wildman–Crippen MR) is 90.6 cm³/mol. The minimum atomic E-state index is -0.739. The Morgan fingerprint density at radius 2 is 2.04 bits per heavy atom. The highest BCUT2D eigenvalue weighted by molar-refractivity contribution is 5.81. The molecule has 25 heavy (non-hydrogen) atoms. The Balaban J connectivity index is 1.42. The first-order chi connectivity index (χ1) is 12.0. The van der Waals surface area contributed by atoms with Gasteiger partial charge in [0, 0.05) is 50.9 Å². The molecule has 1 unspecified atom stereocenters. The molecule has 2 aliphatic heterocycles. The van der Waals surface area contributed by atoms with E-state index in [0.29, 0.717) is 18.9 Å². The molecule has 2 saturated heterocycles. The van der Waals surface area contributed by atoms with E-state index in [1.165, 1.54) is 0 Å². The minimum absolute atomic E-state index is 0.0333. The maximum atomic E-state index is 12.3. The largest absolute Gasteiger partial charge is 0.480 e. The Bertz CT molecular complexity index is 674. The van der Waals surface area contributed by atoms with Crippen molar-refractivity contribution in [2.45, 2.75) is 44.7 Å². The molecule has 1 aliphatic carbocycles. The summed E-state index contributed by atoms with van der Waals surface area (Å²) in [6.07, 6.45) is 8.36. The molecule has 3 heterocycles. The van der Waals surface area contributed by atoms with Crippen molar-refractivity contribution < 1.29 is 14.7 Å². The number of nitrogens with zero attached hydrogens (tertiary/aromatic N) is 4. The Morgan fingerprint density at radius 1 is 1.32 bits per heavy atom. The summed E-state index contributed by atoms with van der Waals surface area (Å²) in [5.74, 6) is -0.154. The van der Waals surface area contributed by atoms with E-state index >= 15 is 0 Å². The molecule has 4 rings (SSSR count). The van der Waals surface area contributed by atoms with Gasteiger partial charge in [-0.05, 0) is 37.5 Å². The highest BCUT2D eigenvalue weighted by Gasteiger charge is 2.49. The van der Waals surface area contributed by atoms with Gasteiger partial charge in [-0.25, -0.2) is 0 Å². The first-order valence-corrected chi connectivity index (χ1v) is 9.19. The van der Waals surface area contributed by atoms with Crippen molar-refractivity contribution in [3.63, 3.8) is 0 Å². The lowest BCUT2D eigenvalue weighted by molar-refractivity contribution is -0.142. The van der Waals surface area contributed by atoms with E-state index in [2.05, 4.69) is 10.00 Å². The van der Waals surface area contributed by atoms with Crippen molar-refractivity contribution >= 4 is 11.9 Å². The molecular formula is C18H26N4O3. The zero-order valence-corrected chi connectivity index (χ0v) is 14.7.